The Labute approximate surface area is 567 Å². The van der Waals surface area contributed by atoms with E-state index in [4.69, 9.17) is 21.1 Å². The molecule has 25 nitrogen and oxygen atoms in total. The van der Waals surface area contributed by atoms with Crippen molar-refractivity contribution < 1.29 is 80.5 Å². The van der Waals surface area contributed by atoms with Crippen molar-refractivity contribution in [2.45, 2.75) is 226 Å². The van der Waals surface area contributed by atoms with E-state index >= 15 is 4.79 Å². The molecule has 0 aromatic rings. The van der Waals surface area contributed by atoms with Crippen LogP contribution in [0.2, 0.25) is 0 Å². The van der Waals surface area contributed by atoms with Gasteiger partial charge in [-0.1, -0.05) is 61.8 Å². The number of carbonyl (C=O) groups is 11. The van der Waals surface area contributed by atoms with E-state index in [9.17, 15) is 66.2 Å². The molecule has 0 radical (unpaired) electrons. The normalized spacial score (nSPS) is 26.7. The first-order valence-electron chi connectivity index (χ1n) is 33.4. The van der Waals surface area contributed by atoms with E-state index in [0.29, 0.717) is 12.8 Å². The van der Waals surface area contributed by atoms with Crippen LogP contribution in [0.25, 0.3) is 0 Å². The maximum atomic E-state index is 15.0. The quantitative estimate of drug-likeness (QED) is 0.0896. The Morgan fingerprint density at radius 1 is 0.632 bits per heavy atom. The van der Waals surface area contributed by atoms with E-state index in [-0.39, 0.29) is 95.5 Å². The Morgan fingerprint density at radius 2 is 1.19 bits per heavy atom. The topological polar surface area (TPSA) is 297 Å². The lowest BCUT2D eigenvalue weighted by Gasteiger charge is -2.38. The molecule has 546 valence electrons. The molecule has 2 fully saturated rings. The van der Waals surface area contributed by atoms with Crippen molar-refractivity contribution in [3.63, 3.8) is 0 Å². The number of halogens is 4. The summed E-state index contributed by atoms with van der Waals surface area (Å²) in [4.78, 5) is 167. The smallest absolute Gasteiger partial charge is 0.388 e. The van der Waals surface area contributed by atoms with Crippen molar-refractivity contribution >= 4 is 76.6 Å². The number of hydrogen-bond donors (Lipinski definition) is 5. The van der Waals surface area contributed by atoms with E-state index in [1.165, 1.54) is 79.8 Å². The Bertz CT molecular complexity index is 2590. The molecule has 1 heterocycles. The Balaban J connectivity index is 2.90. The van der Waals surface area contributed by atoms with Crippen molar-refractivity contribution in [2.75, 3.05) is 94.9 Å². The number of carbonyl (C=O) groups excluding carboxylic acids is 11. The fourth-order valence-corrected chi connectivity index (χ4v) is 11.9. The molecule has 0 aromatic carbocycles. The van der Waals surface area contributed by atoms with Crippen LogP contribution in [0, 0.1) is 35.5 Å². The molecule has 3 unspecified atom stereocenters. The summed E-state index contributed by atoms with van der Waals surface area (Å²) in [5.74, 6) is -11.0. The van der Waals surface area contributed by atoms with Crippen molar-refractivity contribution in [1.29, 1.82) is 0 Å². The molecular formula is C66H115ClF3N11O14. The summed E-state index contributed by atoms with van der Waals surface area (Å²) in [5, 5.41) is 20.4. The van der Waals surface area contributed by atoms with Crippen molar-refractivity contribution in [3.8, 4) is 0 Å². The number of hydrogen-bond acceptors (Lipinski definition) is 14. The molecule has 95 heavy (non-hydrogen) atoms. The number of aliphatic hydroxyl groups is 1. The predicted molar refractivity (Wildman–Crippen MR) is 354 cm³/mol. The first-order chi connectivity index (χ1) is 43.8. The van der Waals surface area contributed by atoms with Crippen molar-refractivity contribution in [2.24, 2.45) is 35.5 Å². The number of nitrogens with one attached hydrogen (secondary N) is 4. The molecule has 11 atom stereocenters. The highest BCUT2D eigenvalue weighted by molar-refractivity contribution is 6.20. The molecule has 1 saturated carbocycles. The molecular weight excluding hydrogens is 1260 g/mol. The summed E-state index contributed by atoms with van der Waals surface area (Å²) >= 11 is 6.34. The molecule has 0 aromatic heterocycles. The van der Waals surface area contributed by atoms with Crippen LogP contribution in [-0.4, -0.2) is 264 Å². The third-order valence-corrected chi connectivity index (χ3v) is 18.2. The van der Waals surface area contributed by atoms with Gasteiger partial charge in [0.1, 0.15) is 41.8 Å². The summed E-state index contributed by atoms with van der Waals surface area (Å²) in [7, 11) is 8.04. The molecule has 29 heteroatoms. The minimum atomic E-state index is -4.52. The van der Waals surface area contributed by atoms with Crippen LogP contribution in [0.5, 0.6) is 0 Å². The second kappa shape index (κ2) is 38.3. The molecule has 0 spiro atoms. The van der Waals surface area contributed by atoms with Crippen LogP contribution < -0.4 is 21.3 Å². The van der Waals surface area contributed by atoms with Gasteiger partial charge in [-0.15, -0.1) is 11.6 Å². The lowest BCUT2D eigenvalue weighted by atomic mass is 9.78. The van der Waals surface area contributed by atoms with Gasteiger partial charge < -0.3 is 70.1 Å². The summed E-state index contributed by atoms with van der Waals surface area (Å²) < 4.78 is 53.5. The van der Waals surface area contributed by atoms with Crippen LogP contribution in [0.1, 0.15) is 161 Å². The van der Waals surface area contributed by atoms with Crippen LogP contribution >= 0.6 is 11.6 Å². The average Bonchev–Trinajstić information content (AvgIpc) is 0.848. The molecule has 1 aliphatic heterocycles. The third-order valence-electron chi connectivity index (χ3n) is 17.7. The van der Waals surface area contributed by atoms with Gasteiger partial charge in [-0.3, -0.25) is 52.7 Å². The minimum Gasteiger partial charge on any atom is -0.388 e. The summed E-state index contributed by atoms with van der Waals surface area (Å²) in [6.45, 7) is 21.0. The van der Waals surface area contributed by atoms with Gasteiger partial charge in [-0.2, -0.15) is 13.2 Å². The van der Waals surface area contributed by atoms with Crippen LogP contribution in [0.4, 0.5) is 13.2 Å². The second-order valence-electron chi connectivity index (χ2n) is 28.7. The highest BCUT2D eigenvalue weighted by atomic mass is 35.5. The van der Waals surface area contributed by atoms with E-state index in [1.807, 2.05) is 27.7 Å². The van der Waals surface area contributed by atoms with Gasteiger partial charge in [-0.25, -0.2) is 0 Å². The molecule has 1 aliphatic carbocycles. The zero-order valence-electron chi connectivity index (χ0n) is 60.2. The highest BCUT2D eigenvalue weighted by Gasteiger charge is 2.48. The number of rotatable bonds is 19. The van der Waals surface area contributed by atoms with Crippen LogP contribution in [0.3, 0.4) is 0 Å². The van der Waals surface area contributed by atoms with E-state index in [2.05, 4.69) is 21.3 Å². The fourth-order valence-electron chi connectivity index (χ4n) is 11.4. The molecule has 5 N–H and O–H groups in total. The Hall–Kier alpha value is -5.87. The van der Waals surface area contributed by atoms with E-state index in [1.54, 1.807) is 41.5 Å². The number of amides is 11. The van der Waals surface area contributed by atoms with Gasteiger partial charge in [0.15, 0.2) is 0 Å². The molecule has 11 amide bonds. The highest BCUT2D eigenvalue weighted by Crippen LogP contribution is 2.43. The summed E-state index contributed by atoms with van der Waals surface area (Å²) in [6.07, 6.45) is -3.94. The summed E-state index contributed by atoms with van der Waals surface area (Å²) in [5.41, 5.74) is -3.10. The number of alkyl halides is 4. The van der Waals surface area contributed by atoms with E-state index < -0.39 is 174 Å². The molecule has 2 aliphatic rings. The van der Waals surface area contributed by atoms with Gasteiger partial charge in [0.25, 0.3) is 0 Å². The Kier molecular flexibility index (Phi) is 34.4. The zero-order chi connectivity index (χ0) is 72.9. The molecule has 0 bridgehead atoms. The number of nitrogens with zero attached hydrogens (tertiary/aromatic N) is 7. The van der Waals surface area contributed by atoms with Crippen LogP contribution in [-0.2, 0) is 62.2 Å². The largest absolute Gasteiger partial charge is 0.393 e. The fraction of sp³-hybridized carbons (Fsp3) is 0.833. The van der Waals surface area contributed by atoms with Gasteiger partial charge in [0.2, 0.25) is 65.0 Å². The van der Waals surface area contributed by atoms with Gasteiger partial charge in [-0.05, 0) is 122 Å². The average molecular weight is 1380 g/mol. The lowest BCUT2D eigenvalue weighted by molar-refractivity contribution is -0.182. The van der Waals surface area contributed by atoms with E-state index in [0.717, 1.165) is 24.5 Å². The van der Waals surface area contributed by atoms with Gasteiger partial charge in [0.05, 0.1) is 51.0 Å². The number of ether oxygens (including phenoxy) is 2. The molecule has 1 saturated heterocycles. The summed E-state index contributed by atoms with van der Waals surface area (Å²) in [6, 6.07) is -8.83. The van der Waals surface area contributed by atoms with Gasteiger partial charge >= 0.3 is 6.18 Å². The predicted octanol–water partition coefficient (Wildman–Crippen LogP) is 4.19. The second-order valence-corrected chi connectivity index (χ2v) is 29.3. The number of likely N-dealkylation sites (N-methyl/N-ethyl adjacent to an activating group) is 7. The first kappa shape index (κ1) is 85.2. The standard InChI is InChI=1S/C66H115ClF3N11O14/c1-21-42(9)56-62(91)81(22-2)35-54(84)75(15)34-55(85)78(18)51(37-94-28-27-39(3)4)61(90)76(16)33-52(82)72-47(26-24-44-23-25-45(46(67)32-44)66(68,69)70)60(89)79(19)49(30-41(7)8)59(88)74-65(13,14)63(92)80(20)48(29-40(5)6)57(86)71-43(10)31-53(83)77(17)50(58(87)73-56)36-95-38-64(11,12)93/h39-51,56,93H,21-38H2,1-20H3,(H,71,86)(H,72,82)(H,73,87)(H,74,88)/t42-,43+,44?,45?,46?,47-,48-,49-,50-,51-,56-/m0/s1. The monoisotopic (exact) mass is 1380 g/mol. The lowest BCUT2D eigenvalue weighted by Crippen LogP contribution is -2.63. The first-order valence-corrected chi connectivity index (χ1v) is 33.9. The van der Waals surface area contributed by atoms with Crippen LogP contribution in [0.15, 0.2) is 0 Å². The van der Waals surface area contributed by atoms with Gasteiger partial charge in [0, 0.05) is 73.3 Å². The minimum absolute atomic E-state index is 0.0271. The van der Waals surface area contributed by atoms with Crippen molar-refractivity contribution in [1.82, 2.24) is 55.6 Å². The zero-order valence-corrected chi connectivity index (χ0v) is 61.0. The Morgan fingerprint density at radius 3 is 1.72 bits per heavy atom. The maximum Gasteiger partial charge on any atom is 0.393 e. The SMILES string of the molecule is CC[C@H](C)[C@@H]1NC(=O)[C@H](COCC(C)(C)O)N(C)C(=O)C[C@@H](C)NC(=O)[C@H](CC(C)C)N(C)C(=O)C(C)(C)NC(=O)[C@H](CC(C)C)N(C)C(=O)[C@H](CCC2CCC(C(F)(F)F)C(Cl)C2)NC(=O)CN(C)C(=O)[C@H](COCCC(C)C)N(C)C(=O)CN(C)C(=O)CN(CC)C1=O. The van der Waals surface area contributed by atoms with Crippen molar-refractivity contribution in [3.05, 3.63) is 0 Å². The molecule has 2 rings (SSSR count). The maximum absolute atomic E-state index is 15.0. The third kappa shape index (κ3) is 27.2.